The first-order valence-electron chi connectivity index (χ1n) is 6.63. The van der Waals surface area contributed by atoms with E-state index in [2.05, 4.69) is 26.2 Å². The Labute approximate surface area is 140 Å². The highest BCUT2D eigenvalue weighted by atomic mass is 79.9. The highest BCUT2D eigenvalue weighted by Gasteiger charge is 2.14. The smallest absolute Gasteiger partial charge is 0.275 e. The van der Waals surface area contributed by atoms with Crippen LogP contribution in [0.4, 0.5) is 5.69 Å². The Morgan fingerprint density at radius 1 is 1.27 bits per heavy atom. The van der Waals surface area contributed by atoms with Gasteiger partial charge in [-0.1, -0.05) is 22.0 Å². The van der Waals surface area contributed by atoms with Crippen LogP contribution in [0.25, 0.3) is 10.8 Å². The number of carbonyl (C=O) groups excluding carboxylic acids is 1. The number of aromatic nitrogens is 1. The normalized spacial score (nSPS) is 10.7. The van der Waals surface area contributed by atoms with Crippen LogP contribution in [0.3, 0.4) is 0 Å². The van der Waals surface area contributed by atoms with E-state index >= 15 is 0 Å². The van der Waals surface area contributed by atoms with E-state index < -0.39 is 0 Å². The minimum absolute atomic E-state index is 0.230. The van der Waals surface area contributed by atoms with Gasteiger partial charge in [0.1, 0.15) is 11.5 Å². The largest absolute Gasteiger partial charge is 0.459 e. The fourth-order valence-electron chi connectivity index (χ4n) is 1.96. The lowest BCUT2D eigenvalue weighted by atomic mass is 10.2. The van der Waals surface area contributed by atoms with Crippen LogP contribution in [0.15, 0.2) is 44.6 Å². The number of nitrogens with zero attached hydrogens (tertiary/aromatic N) is 1. The van der Waals surface area contributed by atoms with E-state index in [1.807, 2.05) is 44.2 Å². The molecular formula is C16H13BrN2O2S. The van der Waals surface area contributed by atoms with Crippen molar-refractivity contribution >= 4 is 38.9 Å². The Kier molecular flexibility index (Phi) is 4.13. The molecule has 3 rings (SSSR count). The van der Waals surface area contributed by atoms with Crippen LogP contribution >= 0.6 is 27.3 Å². The summed E-state index contributed by atoms with van der Waals surface area (Å²) in [6, 6.07) is 9.48. The first-order chi connectivity index (χ1) is 10.5. The fourth-order valence-corrected chi connectivity index (χ4v) is 3.08. The molecule has 0 unspecified atom stereocenters. The van der Waals surface area contributed by atoms with Crippen molar-refractivity contribution < 1.29 is 9.21 Å². The quantitative estimate of drug-likeness (QED) is 0.696. The first kappa shape index (κ1) is 15.0. The van der Waals surface area contributed by atoms with Crippen LogP contribution in [0.1, 0.15) is 21.8 Å². The van der Waals surface area contributed by atoms with Crippen molar-refractivity contribution in [2.75, 3.05) is 5.32 Å². The van der Waals surface area contributed by atoms with Crippen molar-refractivity contribution in [3.63, 3.8) is 0 Å². The molecule has 0 bridgehead atoms. The summed E-state index contributed by atoms with van der Waals surface area (Å²) in [5.74, 6) is 1.27. The van der Waals surface area contributed by atoms with Gasteiger partial charge in [0.15, 0.2) is 10.8 Å². The van der Waals surface area contributed by atoms with Crippen molar-refractivity contribution in [3.05, 3.63) is 57.2 Å². The molecule has 0 fully saturated rings. The average Bonchev–Trinajstić information content (AvgIpc) is 3.11. The number of amides is 1. The first-order valence-corrected chi connectivity index (χ1v) is 8.30. The van der Waals surface area contributed by atoms with Gasteiger partial charge in [-0.15, -0.1) is 11.3 Å². The third kappa shape index (κ3) is 3.13. The van der Waals surface area contributed by atoms with Crippen molar-refractivity contribution in [1.29, 1.82) is 0 Å². The van der Waals surface area contributed by atoms with Gasteiger partial charge >= 0.3 is 0 Å². The second-order valence-electron chi connectivity index (χ2n) is 4.86. The van der Waals surface area contributed by atoms with Gasteiger partial charge in [-0.25, -0.2) is 4.98 Å². The SMILES string of the molecule is Cc1ccc(-c2nc(C(=O)Nc3cc(Br)ccc3C)cs2)o1. The van der Waals surface area contributed by atoms with Crippen LogP contribution in [-0.4, -0.2) is 10.9 Å². The van der Waals surface area contributed by atoms with Crippen LogP contribution in [-0.2, 0) is 0 Å². The van der Waals surface area contributed by atoms with Gasteiger partial charge < -0.3 is 9.73 Å². The Morgan fingerprint density at radius 2 is 2.09 bits per heavy atom. The lowest BCUT2D eigenvalue weighted by molar-refractivity contribution is 0.102. The summed E-state index contributed by atoms with van der Waals surface area (Å²) in [6.45, 7) is 3.82. The number of aryl methyl sites for hydroxylation is 2. The third-order valence-electron chi connectivity index (χ3n) is 3.14. The van der Waals surface area contributed by atoms with Crippen LogP contribution in [0, 0.1) is 13.8 Å². The number of hydrogen-bond donors (Lipinski definition) is 1. The summed E-state index contributed by atoms with van der Waals surface area (Å²) in [4.78, 5) is 16.7. The number of hydrogen-bond acceptors (Lipinski definition) is 4. The Hall–Kier alpha value is -1.92. The van der Waals surface area contributed by atoms with E-state index in [1.54, 1.807) is 5.38 Å². The summed E-state index contributed by atoms with van der Waals surface area (Å²) in [5.41, 5.74) is 2.14. The maximum absolute atomic E-state index is 12.3. The fraction of sp³-hybridized carbons (Fsp3) is 0.125. The molecular weight excluding hydrogens is 364 g/mol. The predicted octanol–water partition coefficient (Wildman–Crippen LogP) is 5.03. The molecule has 0 aliphatic rings. The predicted molar refractivity (Wildman–Crippen MR) is 91.4 cm³/mol. The lowest BCUT2D eigenvalue weighted by Gasteiger charge is -2.07. The van der Waals surface area contributed by atoms with Gasteiger partial charge in [-0.3, -0.25) is 4.79 Å². The van der Waals surface area contributed by atoms with E-state index in [0.29, 0.717) is 16.5 Å². The molecule has 3 aromatic rings. The zero-order chi connectivity index (χ0) is 15.7. The van der Waals surface area contributed by atoms with Crippen LogP contribution in [0.2, 0.25) is 0 Å². The topological polar surface area (TPSA) is 55.1 Å². The van der Waals surface area contributed by atoms with Gasteiger partial charge in [0, 0.05) is 15.5 Å². The average molecular weight is 377 g/mol. The number of thiazole rings is 1. The van der Waals surface area contributed by atoms with Crippen LogP contribution in [0.5, 0.6) is 0 Å². The molecule has 1 amide bonds. The molecule has 4 nitrogen and oxygen atoms in total. The van der Waals surface area contributed by atoms with Crippen LogP contribution < -0.4 is 5.32 Å². The number of carbonyl (C=O) groups is 1. The van der Waals surface area contributed by atoms with Gasteiger partial charge in [-0.2, -0.15) is 0 Å². The molecule has 0 radical (unpaired) electrons. The second-order valence-corrected chi connectivity index (χ2v) is 6.64. The molecule has 0 spiro atoms. The number of rotatable bonds is 3. The van der Waals surface area contributed by atoms with Crippen molar-refractivity contribution in [3.8, 4) is 10.8 Å². The monoisotopic (exact) mass is 376 g/mol. The van der Waals surface area contributed by atoms with E-state index in [9.17, 15) is 4.79 Å². The van der Waals surface area contributed by atoms with Crippen molar-refractivity contribution in [2.45, 2.75) is 13.8 Å². The summed E-state index contributed by atoms with van der Waals surface area (Å²) < 4.78 is 6.44. The molecule has 0 atom stereocenters. The van der Waals surface area contributed by atoms with E-state index in [1.165, 1.54) is 11.3 Å². The summed E-state index contributed by atoms with van der Waals surface area (Å²) in [6.07, 6.45) is 0. The van der Waals surface area contributed by atoms with Gasteiger partial charge in [-0.05, 0) is 43.7 Å². The van der Waals surface area contributed by atoms with E-state index in [4.69, 9.17) is 4.42 Å². The highest BCUT2D eigenvalue weighted by Crippen LogP contribution is 2.26. The molecule has 6 heteroatoms. The molecule has 0 saturated heterocycles. The molecule has 22 heavy (non-hydrogen) atoms. The molecule has 1 N–H and O–H groups in total. The zero-order valence-electron chi connectivity index (χ0n) is 12.0. The number of benzene rings is 1. The van der Waals surface area contributed by atoms with Gasteiger partial charge in [0.05, 0.1) is 0 Å². The Balaban J connectivity index is 1.81. The zero-order valence-corrected chi connectivity index (χ0v) is 14.4. The third-order valence-corrected chi connectivity index (χ3v) is 4.49. The highest BCUT2D eigenvalue weighted by molar-refractivity contribution is 9.10. The standard InChI is InChI=1S/C16H13BrN2O2S/c1-9-3-5-11(17)7-12(9)18-15(20)13-8-22-16(19-13)14-6-4-10(2)21-14/h3-8H,1-2H3,(H,18,20). The van der Waals surface area contributed by atoms with Crippen molar-refractivity contribution in [1.82, 2.24) is 4.98 Å². The number of furan rings is 1. The molecule has 112 valence electrons. The molecule has 0 aliphatic heterocycles. The van der Waals surface area contributed by atoms with Gasteiger partial charge in [0.25, 0.3) is 5.91 Å². The number of nitrogens with one attached hydrogen (secondary N) is 1. The molecule has 0 saturated carbocycles. The maximum Gasteiger partial charge on any atom is 0.275 e. The van der Waals surface area contributed by atoms with Gasteiger partial charge in [0.2, 0.25) is 0 Å². The summed E-state index contributed by atoms with van der Waals surface area (Å²) >= 11 is 4.79. The molecule has 2 aromatic heterocycles. The van der Waals surface area contributed by atoms with E-state index in [0.717, 1.165) is 21.5 Å². The maximum atomic E-state index is 12.3. The van der Waals surface area contributed by atoms with E-state index in [-0.39, 0.29) is 5.91 Å². The Morgan fingerprint density at radius 3 is 2.82 bits per heavy atom. The minimum atomic E-state index is -0.230. The van der Waals surface area contributed by atoms with Crippen molar-refractivity contribution in [2.24, 2.45) is 0 Å². The molecule has 2 heterocycles. The number of halogens is 1. The summed E-state index contributed by atoms with van der Waals surface area (Å²) in [7, 11) is 0. The molecule has 1 aromatic carbocycles. The number of anilines is 1. The lowest BCUT2D eigenvalue weighted by Crippen LogP contribution is -2.13. The minimum Gasteiger partial charge on any atom is -0.459 e. The Bertz CT molecular complexity index is 838. The summed E-state index contributed by atoms with van der Waals surface area (Å²) in [5, 5.41) is 5.31. The second kappa shape index (κ2) is 6.06. The molecule has 0 aliphatic carbocycles.